The average Bonchev–Trinajstić information content (AvgIpc) is 2.68. The number of halogens is 3. The largest absolute Gasteiger partial charge is 0.462 e. The first kappa shape index (κ1) is 19.9. The Morgan fingerprint density at radius 2 is 2.04 bits per heavy atom. The van der Waals surface area contributed by atoms with E-state index in [4.69, 9.17) is 9.47 Å². The van der Waals surface area contributed by atoms with Gasteiger partial charge in [-0.15, -0.1) is 0 Å². The molecule has 1 fully saturated rings. The average molecular weight is 395 g/mol. The number of anilines is 3. The van der Waals surface area contributed by atoms with E-state index in [1.54, 1.807) is 13.0 Å². The second-order valence-electron chi connectivity index (χ2n) is 6.08. The van der Waals surface area contributed by atoms with Crippen LogP contribution in [0.3, 0.4) is 0 Å². The van der Waals surface area contributed by atoms with Crippen LogP contribution in [0, 0.1) is 0 Å². The molecule has 1 aliphatic heterocycles. The third-order valence-electron chi connectivity index (χ3n) is 4.21. The van der Waals surface area contributed by atoms with Crippen LogP contribution in [0.15, 0.2) is 36.5 Å². The maximum atomic E-state index is 13.0. The van der Waals surface area contributed by atoms with Crippen molar-refractivity contribution in [2.75, 3.05) is 43.1 Å². The van der Waals surface area contributed by atoms with Gasteiger partial charge in [0.05, 0.1) is 31.1 Å². The fourth-order valence-corrected chi connectivity index (χ4v) is 2.93. The van der Waals surface area contributed by atoms with Crippen LogP contribution in [-0.2, 0) is 15.7 Å². The van der Waals surface area contributed by atoms with Gasteiger partial charge in [-0.2, -0.15) is 13.2 Å². The number of aromatic nitrogens is 1. The molecule has 1 saturated heterocycles. The molecule has 3 rings (SSSR count). The van der Waals surface area contributed by atoms with Gasteiger partial charge in [0, 0.05) is 25.0 Å². The van der Waals surface area contributed by atoms with Gasteiger partial charge in [0.1, 0.15) is 11.4 Å². The smallest absolute Gasteiger partial charge is 0.416 e. The third-order valence-corrected chi connectivity index (χ3v) is 4.21. The summed E-state index contributed by atoms with van der Waals surface area (Å²) in [6.07, 6.45) is -2.96. The van der Waals surface area contributed by atoms with Crippen molar-refractivity contribution >= 4 is 23.2 Å². The van der Waals surface area contributed by atoms with E-state index >= 15 is 0 Å². The van der Waals surface area contributed by atoms with Gasteiger partial charge in [-0.1, -0.05) is 6.07 Å². The lowest BCUT2D eigenvalue weighted by Gasteiger charge is -2.30. The van der Waals surface area contributed by atoms with Crippen molar-refractivity contribution in [2.24, 2.45) is 0 Å². The molecule has 1 N–H and O–H groups in total. The minimum absolute atomic E-state index is 0.141. The number of hydrogen-bond donors (Lipinski definition) is 1. The van der Waals surface area contributed by atoms with E-state index in [-0.39, 0.29) is 23.7 Å². The first-order valence-electron chi connectivity index (χ1n) is 8.83. The summed E-state index contributed by atoms with van der Waals surface area (Å²) >= 11 is 0. The van der Waals surface area contributed by atoms with Crippen LogP contribution in [-0.4, -0.2) is 43.9 Å². The molecule has 9 heteroatoms. The molecule has 0 amide bonds. The van der Waals surface area contributed by atoms with Crippen LogP contribution >= 0.6 is 0 Å². The fraction of sp³-hybridized carbons (Fsp3) is 0.368. The number of nitrogens with one attached hydrogen (secondary N) is 1. The van der Waals surface area contributed by atoms with Crippen LogP contribution in [0.1, 0.15) is 22.8 Å². The van der Waals surface area contributed by atoms with Gasteiger partial charge in [-0.05, 0) is 31.2 Å². The predicted molar refractivity (Wildman–Crippen MR) is 98.0 cm³/mol. The van der Waals surface area contributed by atoms with Gasteiger partial charge in [-0.3, -0.25) is 0 Å². The molecule has 0 bridgehead atoms. The molecule has 0 aliphatic carbocycles. The molecule has 0 unspecified atom stereocenters. The standard InChI is InChI=1S/C19H20F3N3O3/c1-2-28-18(26)16-15(25-8-10-27-11-9-25)6-7-23-17(16)24-14-5-3-4-13(12-14)19(20,21)22/h3-7,12H,2,8-11H2,1H3,(H,23,24). The Balaban J connectivity index is 1.99. The summed E-state index contributed by atoms with van der Waals surface area (Å²) in [4.78, 5) is 18.7. The van der Waals surface area contributed by atoms with Crippen molar-refractivity contribution in [1.82, 2.24) is 4.98 Å². The van der Waals surface area contributed by atoms with Gasteiger partial charge >= 0.3 is 12.1 Å². The molecule has 1 aliphatic rings. The Morgan fingerprint density at radius 3 is 2.71 bits per heavy atom. The summed E-state index contributed by atoms with van der Waals surface area (Å²) < 4.78 is 49.5. The summed E-state index contributed by atoms with van der Waals surface area (Å²) in [7, 11) is 0. The maximum absolute atomic E-state index is 13.0. The molecule has 0 atom stereocenters. The number of alkyl halides is 3. The zero-order valence-electron chi connectivity index (χ0n) is 15.3. The van der Waals surface area contributed by atoms with E-state index in [1.165, 1.54) is 18.3 Å². The Bertz CT molecular complexity index is 837. The van der Waals surface area contributed by atoms with Crippen LogP contribution < -0.4 is 10.2 Å². The summed E-state index contributed by atoms with van der Waals surface area (Å²) in [5.74, 6) is -0.451. The number of hydrogen-bond acceptors (Lipinski definition) is 6. The normalized spacial score (nSPS) is 14.6. The molecule has 1 aromatic heterocycles. The number of benzene rings is 1. The molecule has 1 aromatic carbocycles. The van der Waals surface area contributed by atoms with Crippen molar-refractivity contribution < 1.29 is 27.4 Å². The molecule has 150 valence electrons. The SMILES string of the molecule is CCOC(=O)c1c(N2CCOCC2)ccnc1Nc1cccc(C(F)(F)F)c1. The molecule has 2 aromatic rings. The second kappa shape index (κ2) is 8.47. The number of morpholine rings is 1. The van der Waals surface area contributed by atoms with Crippen LogP contribution in [0.2, 0.25) is 0 Å². The predicted octanol–water partition coefficient (Wildman–Crippen LogP) is 3.86. The van der Waals surface area contributed by atoms with E-state index in [9.17, 15) is 18.0 Å². The topological polar surface area (TPSA) is 63.7 Å². The molecule has 0 spiro atoms. The minimum Gasteiger partial charge on any atom is -0.462 e. The number of pyridine rings is 1. The second-order valence-corrected chi connectivity index (χ2v) is 6.08. The Labute approximate surface area is 160 Å². The van der Waals surface area contributed by atoms with Gasteiger partial charge in [0.2, 0.25) is 0 Å². The Kier molecular flexibility index (Phi) is 6.03. The molecule has 28 heavy (non-hydrogen) atoms. The highest BCUT2D eigenvalue weighted by atomic mass is 19.4. The highest BCUT2D eigenvalue weighted by molar-refractivity contribution is 6.01. The first-order chi connectivity index (χ1) is 13.4. The van der Waals surface area contributed by atoms with E-state index in [1.807, 2.05) is 4.90 Å². The van der Waals surface area contributed by atoms with E-state index < -0.39 is 17.7 Å². The number of esters is 1. The van der Waals surface area contributed by atoms with Crippen LogP contribution in [0.4, 0.5) is 30.4 Å². The van der Waals surface area contributed by atoms with E-state index in [0.29, 0.717) is 32.0 Å². The molecule has 0 radical (unpaired) electrons. The molecule has 0 saturated carbocycles. The summed E-state index contributed by atoms with van der Waals surface area (Å²) in [5.41, 5.74) is 0.168. The lowest BCUT2D eigenvalue weighted by Crippen LogP contribution is -2.37. The lowest BCUT2D eigenvalue weighted by atomic mass is 10.1. The molecule has 6 nitrogen and oxygen atoms in total. The van der Waals surface area contributed by atoms with Crippen LogP contribution in [0.5, 0.6) is 0 Å². The Morgan fingerprint density at radius 1 is 1.29 bits per heavy atom. The van der Waals surface area contributed by atoms with Crippen molar-refractivity contribution in [2.45, 2.75) is 13.1 Å². The summed E-state index contributed by atoms with van der Waals surface area (Å²) in [6, 6.07) is 6.41. The quantitative estimate of drug-likeness (QED) is 0.776. The summed E-state index contributed by atoms with van der Waals surface area (Å²) in [5, 5.41) is 2.83. The van der Waals surface area contributed by atoms with Gasteiger partial charge in [0.15, 0.2) is 0 Å². The van der Waals surface area contributed by atoms with Gasteiger partial charge in [-0.25, -0.2) is 9.78 Å². The number of carbonyl (C=O) groups is 1. The van der Waals surface area contributed by atoms with Gasteiger partial charge < -0.3 is 19.7 Å². The fourth-order valence-electron chi connectivity index (χ4n) is 2.93. The number of nitrogens with zero attached hydrogens (tertiary/aromatic N) is 2. The van der Waals surface area contributed by atoms with Crippen molar-refractivity contribution in [3.8, 4) is 0 Å². The first-order valence-corrected chi connectivity index (χ1v) is 8.83. The Hall–Kier alpha value is -2.81. The zero-order valence-corrected chi connectivity index (χ0v) is 15.3. The van der Waals surface area contributed by atoms with Crippen LogP contribution in [0.25, 0.3) is 0 Å². The number of rotatable bonds is 5. The monoisotopic (exact) mass is 395 g/mol. The number of ether oxygens (including phenoxy) is 2. The summed E-state index contributed by atoms with van der Waals surface area (Å²) in [6.45, 7) is 4.04. The van der Waals surface area contributed by atoms with Crippen molar-refractivity contribution in [3.63, 3.8) is 0 Å². The van der Waals surface area contributed by atoms with Crippen molar-refractivity contribution in [1.29, 1.82) is 0 Å². The van der Waals surface area contributed by atoms with Gasteiger partial charge in [0.25, 0.3) is 0 Å². The zero-order chi connectivity index (χ0) is 20.1. The molecular weight excluding hydrogens is 375 g/mol. The minimum atomic E-state index is -4.47. The van der Waals surface area contributed by atoms with E-state index in [0.717, 1.165) is 12.1 Å². The maximum Gasteiger partial charge on any atom is 0.416 e. The molecular formula is C19H20F3N3O3. The third kappa shape index (κ3) is 4.53. The van der Waals surface area contributed by atoms with Crippen molar-refractivity contribution in [3.05, 3.63) is 47.7 Å². The van der Waals surface area contributed by atoms with E-state index in [2.05, 4.69) is 10.3 Å². The highest BCUT2D eigenvalue weighted by Gasteiger charge is 2.31. The number of carbonyl (C=O) groups excluding carboxylic acids is 1. The molecule has 2 heterocycles. The highest BCUT2D eigenvalue weighted by Crippen LogP contribution is 2.33. The lowest BCUT2D eigenvalue weighted by molar-refractivity contribution is -0.137.